The van der Waals surface area contributed by atoms with Crippen LogP contribution in [0.25, 0.3) is 0 Å². The zero-order valence-electron chi connectivity index (χ0n) is 11.6. The van der Waals surface area contributed by atoms with Crippen LogP contribution in [-0.2, 0) is 6.54 Å². The van der Waals surface area contributed by atoms with Gasteiger partial charge in [0.25, 0.3) is 0 Å². The average Bonchev–Trinajstić information content (AvgIpc) is 2.42. The van der Waals surface area contributed by atoms with Gasteiger partial charge in [-0.25, -0.2) is 0 Å². The molecular formula is C16H26N2. The van der Waals surface area contributed by atoms with E-state index >= 15 is 0 Å². The summed E-state index contributed by atoms with van der Waals surface area (Å²) in [6, 6.07) is 11.6. The van der Waals surface area contributed by atoms with Crippen LogP contribution in [0.4, 0.5) is 0 Å². The Bertz CT molecular complexity index is 323. The van der Waals surface area contributed by atoms with Crippen molar-refractivity contribution in [1.29, 1.82) is 0 Å². The number of hydrogen-bond acceptors (Lipinski definition) is 2. The number of nitrogens with one attached hydrogen (secondary N) is 1. The molecule has 1 aliphatic heterocycles. The van der Waals surface area contributed by atoms with Gasteiger partial charge >= 0.3 is 0 Å². The molecule has 100 valence electrons. The average molecular weight is 246 g/mol. The molecule has 1 saturated heterocycles. The van der Waals surface area contributed by atoms with Crippen molar-refractivity contribution in [2.24, 2.45) is 0 Å². The summed E-state index contributed by atoms with van der Waals surface area (Å²) in [5.41, 5.74) is 1.44. The summed E-state index contributed by atoms with van der Waals surface area (Å²) >= 11 is 0. The summed E-state index contributed by atoms with van der Waals surface area (Å²) in [6.45, 7) is 6.90. The van der Waals surface area contributed by atoms with Crippen molar-refractivity contribution < 1.29 is 0 Å². The van der Waals surface area contributed by atoms with E-state index in [4.69, 9.17) is 0 Å². The maximum atomic E-state index is 3.58. The predicted octanol–water partition coefficient (Wildman–Crippen LogP) is 3.04. The molecular weight excluding hydrogens is 220 g/mol. The summed E-state index contributed by atoms with van der Waals surface area (Å²) in [5.74, 6) is 0. The number of rotatable bonds is 6. The minimum Gasteiger partial charge on any atom is -0.315 e. The fraction of sp³-hybridized carbons (Fsp3) is 0.625. The molecule has 0 bridgehead atoms. The van der Waals surface area contributed by atoms with Crippen LogP contribution in [0.1, 0.15) is 38.2 Å². The Morgan fingerprint density at radius 2 is 2.06 bits per heavy atom. The van der Waals surface area contributed by atoms with E-state index in [2.05, 4.69) is 47.5 Å². The third-order valence-corrected chi connectivity index (χ3v) is 3.78. The van der Waals surface area contributed by atoms with Gasteiger partial charge in [0.2, 0.25) is 0 Å². The van der Waals surface area contributed by atoms with E-state index in [1.165, 1.54) is 37.8 Å². The first kappa shape index (κ1) is 13.6. The zero-order valence-corrected chi connectivity index (χ0v) is 11.6. The van der Waals surface area contributed by atoms with Crippen molar-refractivity contribution in [3.05, 3.63) is 35.9 Å². The van der Waals surface area contributed by atoms with Crippen molar-refractivity contribution in [3.63, 3.8) is 0 Å². The molecule has 0 saturated carbocycles. The number of nitrogens with zero attached hydrogens (tertiary/aromatic N) is 1. The van der Waals surface area contributed by atoms with Crippen molar-refractivity contribution in [1.82, 2.24) is 10.2 Å². The lowest BCUT2D eigenvalue weighted by atomic mass is 10.0. The van der Waals surface area contributed by atoms with Gasteiger partial charge in [-0.15, -0.1) is 0 Å². The van der Waals surface area contributed by atoms with E-state index in [9.17, 15) is 0 Å². The second-order valence-electron chi connectivity index (χ2n) is 5.31. The predicted molar refractivity (Wildman–Crippen MR) is 77.7 cm³/mol. The molecule has 1 aromatic rings. The fourth-order valence-electron chi connectivity index (χ4n) is 2.76. The highest BCUT2D eigenvalue weighted by Gasteiger charge is 2.21. The Balaban J connectivity index is 1.87. The molecule has 0 amide bonds. The van der Waals surface area contributed by atoms with Gasteiger partial charge in [0, 0.05) is 19.1 Å². The molecule has 1 N–H and O–H groups in total. The molecule has 0 radical (unpaired) electrons. The molecule has 0 aromatic heterocycles. The van der Waals surface area contributed by atoms with E-state index in [1.54, 1.807) is 0 Å². The molecule has 0 spiro atoms. The van der Waals surface area contributed by atoms with Crippen LogP contribution in [0.3, 0.4) is 0 Å². The molecule has 1 fully saturated rings. The van der Waals surface area contributed by atoms with E-state index in [0.717, 1.165) is 25.7 Å². The number of benzene rings is 1. The molecule has 2 nitrogen and oxygen atoms in total. The van der Waals surface area contributed by atoms with Gasteiger partial charge in [0.15, 0.2) is 0 Å². The third kappa shape index (κ3) is 4.11. The van der Waals surface area contributed by atoms with Crippen LogP contribution in [0, 0.1) is 0 Å². The molecule has 2 heteroatoms. The lowest BCUT2D eigenvalue weighted by Crippen LogP contribution is -2.45. The number of hydrogen-bond donors (Lipinski definition) is 1. The summed E-state index contributed by atoms with van der Waals surface area (Å²) in [4.78, 5) is 2.65. The quantitative estimate of drug-likeness (QED) is 0.776. The van der Waals surface area contributed by atoms with Crippen LogP contribution >= 0.6 is 0 Å². The van der Waals surface area contributed by atoms with E-state index < -0.39 is 0 Å². The van der Waals surface area contributed by atoms with Crippen LogP contribution in [0.5, 0.6) is 0 Å². The largest absolute Gasteiger partial charge is 0.315 e. The highest BCUT2D eigenvalue weighted by Crippen LogP contribution is 2.19. The van der Waals surface area contributed by atoms with Gasteiger partial charge in [-0.2, -0.15) is 0 Å². The van der Waals surface area contributed by atoms with E-state index in [0.29, 0.717) is 0 Å². The van der Waals surface area contributed by atoms with Crippen LogP contribution in [0.2, 0.25) is 0 Å². The molecule has 1 atom stereocenters. The second kappa shape index (κ2) is 7.55. The zero-order chi connectivity index (χ0) is 12.6. The first-order valence-electron chi connectivity index (χ1n) is 7.39. The first-order valence-corrected chi connectivity index (χ1v) is 7.39. The van der Waals surface area contributed by atoms with Crippen LogP contribution in [-0.4, -0.2) is 30.6 Å². The monoisotopic (exact) mass is 246 g/mol. The highest BCUT2D eigenvalue weighted by atomic mass is 15.2. The minimum atomic E-state index is 0.727. The lowest BCUT2D eigenvalue weighted by molar-refractivity contribution is 0.137. The smallest absolute Gasteiger partial charge is 0.0237 e. The van der Waals surface area contributed by atoms with Gasteiger partial charge in [-0.05, 0) is 37.9 Å². The number of likely N-dealkylation sites (tertiary alicyclic amines) is 1. The SMILES string of the molecule is CCCNCC1CCCCN1Cc1ccccc1. The molecule has 0 aliphatic carbocycles. The standard InChI is InChI=1S/C16H26N2/c1-2-11-17-13-16-10-6-7-12-18(16)14-15-8-4-3-5-9-15/h3-5,8-9,16-17H,2,6-7,10-14H2,1H3. The maximum Gasteiger partial charge on any atom is 0.0237 e. The normalized spacial score (nSPS) is 21.1. The van der Waals surface area contributed by atoms with Gasteiger partial charge in [-0.1, -0.05) is 43.7 Å². The van der Waals surface area contributed by atoms with E-state index in [1.807, 2.05) is 0 Å². The molecule has 2 rings (SSSR count). The Kier molecular flexibility index (Phi) is 5.69. The molecule has 1 aromatic carbocycles. The van der Waals surface area contributed by atoms with E-state index in [-0.39, 0.29) is 0 Å². The molecule has 1 heterocycles. The van der Waals surface area contributed by atoms with Crippen molar-refractivity contribution in [3.8, 4) is 0 Å². The second-order valence-corrected chi connectivity index (χ2v) is 5.31. The lowest BCUT2D eigenvalue weighted by Gasteiger charge is -2.36. The van der Waals surface area contributed by atoms with Crippen molar-refractivity contribution in [2.45, 2.75) is 45.2 Å². The summed E-state index contributed by atoms with van der Waals surface area (Å²) < 4.78 is 0. The van der Waals surface area contributed by atoms with Gasteiger partial charge in [-0.3, -0.25) is 4.90 Å². The summed E-state index contributed by atoms with van der Waals surface area (Å²) in [7, 11) is 0. The molecule has 1 aliphatic rings. The Labute approximate surface area is 111 Å². The molecule has 1 unspecified atom stereocenters. The van der Waals surface area contributed by atoms with Gasteiger partial charge in [0.05, 0.1) is 0 Å². The maximum absolute atomic E-state index is 3.58. The number of piperidine rings is 1. The minimum absolute atomic E-state index is 0.727. The topological polar surface area (TPSA) is 15.3 Å². The highest BCUT2D eigenvalue weighted by molar-refractivity contribution is 5.14. The molecule has 18 heavy (non-hydrogen) atoms. The Morgan fingerprint density at radius 3 is 2.83 bits per heavy atom. The van der Waals surface area contributed by atoms with Crippen molar-refractivity contribution >= 4 is 0 Å². The Hall–Kier alpha value is -0.860. The Morgan fingerprint density at radius 1 is 1.22 bits per heavy atom. The van der Waals surface area contributed by atoms with Gasteiger partial charge < -0.3 is 5.32 Å². The van der Waals surface area contributed by atoms with Crippen LogP contribution < -0.4 is 5.32 Å². The van der Waals surface area contributed by atoms with Crippen molar-refractivity contribution in [2.75, 3.05) is 19.6 Å². The first-order chi connectivity index (χ1) is 8.90. The summed E-state index contributed by atoms with van der Waals surface area (Å²) in [5, 5.41) is 3.58. The fourth-order valence-corrected chi connectivity index (χ4v) is 2.76. The summed E-state index contributed by atoms with van der Waals surface area (Å²) in [6.07, 6.45) is 5.33. The third-order valence-electron chi connectivity index (χ3n) is 3.78. The van der Waals surface area contributed by atoms with Crippen LogP contribution in [0.15, 0.2) is 30.3 Å². The van der Waals surface area contributed by atoms with Gasteiger partial charge in [0.1, 0.15) is 0 Å².